The lowest BCUT2D eigenvalue weighted by atomic mass is 9.86. The molecule has 1 heterocycles. The summed E-state index contributed by atoms with van der Waals surface area (Å²) < 4.78 is 11.1. The maximum atomic E-state index is 5.81. The van der Waals surface area contributed by atoms with Crippen molar-refractivity contribution in [3.63, 3.8) is 0 Å². The predicted octanol–water partition coefficient (Wildman–Crippen LogP) is 1.28. The van der Waals surface area contributed by atoms with E-state index >= 15 is 0 Å². The van der Waals surface area contributed by atoms with Crippen LogP contribution >= 0.6 is 0 Å². The molecule has 1 saturated heterocycles. The molecule has 1 saturated carbocycles. The van der Waals surface area contributed by atoms with E-state index in [0.717, 1.165) is 32.5 Å². The Labute approximate surface area is 67.9 Å². The molecular formula is C9H14O2. The zero-order valence-electron chi connectivity index (χ0n) is 6.66. The summed E-state index contributed by atoms with van der Waals surface area (Å²) in [6, 6.07) is 0. The molecule has 0 spiro atoms. The van der Waals surface area contributed by atoms with Crippen LogP contribution in [0.1, 0.15) is 19.3 Å². The second-order valence-corrected chi connectivity index (χ2v) is 3.39. The van der Waals surface area contributed by atoms with E-state index in [1.54, 1.807) is 0 Å². The fraction of sp³-hybridized carbons (Fsp3) is 0.889. The van der Waals surface area contributed by atoms with Crippen LogP contribution in [0.5, 0.6) is 0 Å². The molecule has 1 aliphatic heterocycles. The lowest BCUT2D eigenvalue weighted by Gasteiger charge is -2.37. The Hall–Kier alpha value is -0.0800. The van der Waals surface area contributed by atoms with E-state index in [1.807, 2.05) is 0 Å². The molecule has 0 N–H and O–H groups in total. The van der Waals surface area contributed by atoms with Gasteiger partial charge in [-0.25, -0.2) is 0 Å². The van der Waals surface area contributed by atoms with Gasteiger partial charge in [0.25, 0.3) is 0 Å². The highest BCUT2D eigenvalue weighted by molar-refractivity contribution is 4.84. The summed E-state index contributed by atoms with van der Waals surface area (Å²) in [5.74, 6) is 0.331. The van der Waals surface area contributed by atoms with E-state index < -0.39 is 0 Å². The first kappa shape index (κ1) is 7.56. The Balaban J connectivity index is 1.93. The fourth-order valence-electron chi connectivity index (χ4n) is 1.90. The van der Waals surface area contributed by atoms with Gasteiger partial charge >= 0.3 is 0 Å². The van der Waals surface area contributed by atoms with Crippen molar-refractivity contribution in [2.75, 3.05) is 13.2 Å². The minimum atomic E-state index is 0.285. The maximum absolute atomic E-state index is 5.81. The highest BCUT2D eigenvalue weighted by atomic mass is 16.6. The molecule has 0 aromatic heterocycles. The van der Waals surface area contributed by atoms with E-state index in [1.165, 1.54) is 0 Å². The summed E-state index contributed by atoms with van der Waals surface area (Å²) in [5, 5.41) is 0. The molecule has 2 aliphatic rings. The average molecular weight is 154 g/mol. The van der Waals surface area contributed by atoms with Crippen molar-refractivity contribution < 1.29 is 9.47 Å². The summed E-state index contributed by atoms with van der Waals surface area (Å²) >= 11 is 0. The number of hydrogen-bond acceptors (Lipinski definition) is 2. The molecule has 2 rings (SSSR count). The fourth-order valence-corrected chi connectivity index (χ4v) is 1.90. The number of hydrogen-bond donors (Lipinski definition) is 0. The first-order valence-electron chi connectivity index (χ1n) is 4.35. The number of ether oxygens (including phenoxy) is 2. The van der Waals surface area contributed by atoms with Crippen molar-refractivity contribution in [3.05, 3.63) is 6.92 Å². The summed E-state index contributed by atoms with van der Waals surface area (Å²) in [4.78, 5) is 0. The molecular weight excluding hydrogens is 140 g/mol. The zero-order chi connectivity index (χ0) is 7.68. The van der Waals surface area contributed by atoms with Crippen LogP contribution in [0.25, 0.3) is 0 Å². The molecule has 3 atom stereocenters. The third-order valence-corrected chi connectivity index (χ3v) is 2.52. The SMILES string of the molecule is [CH]C1CCC2OCCOC2C1. The van der Waals surface area contributed by atoms with Crippen LogP contribution in [-0.4, -0.2) is 25.4 Å². The van der Waals surface area contributed by atoms with Crippen LogP contribution in [-0.2, 0) is 9.47 Å². The van der Waals surface area contributed by atoms with Crippen molar-refractivity contribution in [2.24, 2.45) is 5.92 Å². The number of fused-ring (bicyclic) bond motifs is 1. The van der Waals surface area contributed by atoms with Gasteiger partial charge in [0.1, 0.15) is 0 Å². The molecule has 2 radical (unpaired) electrons. The predicted molar refractivity (Wildman–Crippen MR) is 41.1 cm³/mol. The van der Waals surface area contributed by atoms with Gasteiger partial charge in [0.05, 0.1) is 25.4 Å². The van der Waals surface area contributed by atoms with E-state index in [0.29, 0.717) is 12.0 Å². The zero-order valence-corrected chi connectivity index (χ0v) is 6.66. The largest absolute Gasteiger partial charge is 0.373 e. The third kappa shape index (κ3) is 1.57. The molecule has 2 fully saturated rings. The van der Waals surface area contributed by atoms with Crippen molar-refractivity contribution in [3.8, 4) is 0 Å². The minimum Gasteiger partial charge on any atom is -0.373 e. The summed E-state index contributed by atoms with van der Waals surface area (Å²) in [6.07, 6.45) is 3.76. The molecule has 0 bridgehead atoms. The molecule has 1 aliphatic carbocycles. The van der Waals surface area contributed by atoms with Gasteiger partial charge in [-0.05, 0) is 32.1 Å². The lowest BCUT2D eigenvalue weighted by Crippen LogP contribution is -2.42. The van der Waals surface area contributed by atoms with Gasteiger partial charge in [-0.15, -0.1) is 0 Å². The van der Waals surface area contributed by atoms with Crippen molar-refractivity contribution in [2.45, 2.75) is 31.5 Å². The van der Waals surface area contributed by atoms with Gasteiger partial charge in [0, 0.05) is 0 Å². The molecule has 3 unspecified atom stereocenters. The Kier molecular flexibility index (Phi) is 2.14. The Bertz CT molecular complexity index is 136. The van der Waals surface area contributed by atoms with Crippen LogP contribution in [0.3, 0.4) is 0 Å². The molecule has 2 nitrogen and oxygen atoms in total. The summed E-state index contributed by atoms with van der Waals surface area (Å²) in [5.41, 5.74) is 0. The summed E-state index contributed by atoms with van der Waals surface area (Å²) in [6.45, 7) is 7.31. The molecule has 0 aromatic rings. The average Bonchev–Trinajstić information content (AvgIpc) is 2.04. The second kappa shape index (κ2) is 3.11. The van der Waals surface area contributed by atoms with Gasteiger partial charge in [-0.1, -0.05) is 0 Å². The van der Waals surface area contributed by atoms with Crippen molar-refractivity contribution in [1.29, 1.82) is 0 Å². The van der Waals surface area contributed by atoms with Gasteiger partial charge in [-0.2, -0.15) is 0 Å². The monoisotopic (exact) mass is 154 g/mol. The van der Waals surface area contributed by atoms with Crippen molar-refractivity contribution >= 4 is 0 Å². The Morgan fingerprint density at radius 2 is 1.73 bits per heavy atom. The summed E-state index contributed by atoms with van der Waals surface area (Å²) in [7, 11) is 0. The Morgan fingerprint density at radius 3 is 2.55 bits per heavy atom. The molecule has 0 amide bonds. The Morgan fingerprint density at radius 1 is 1.00 bits per heavy atom. The topological polar surface area (TPSA) is 18.5 Å². The van der Waals surface area contributed by atoms with E-state index in [4.69, 9.17) is 16.4 Å². The van der Waals surface area contributed by atoms with Crippen LogP contribution in [0.15, 0.2) is 0 Å². The van der Waals surface area contributed by atoms with Crippen LogP contribution in [0.2, 0.25) is 0 Å². The first-order valence-corrected chi connectivity index (χ1v) is 4.35. The highest BCUT2D eigenvalue weighted by Crippen LogP contribution is 2.29. The van der Waals surface area contributed by atoms with E-state index in [2.05, 4.69) is 0 Å². The lowest BCUT2D eigenvalue weighted by molar-refractivity contribution is -0.158. The highest BCUT2D eigenvalue weighted by Gasteiger charge is 2.32. The van der Waals surface area contributed by atoms with Gasteiger partial charge in [-0.3, -0.25) is 0 Å². The maximum Gasteiger partial charge on any atom is 0.0840 e. The van der Waals surface area contributed by atoms with Crippen molar-refractivity contribution in [1.82, 2.24) is 0 Å². The minimum absolute atomic E-state index is 0.285. The third-order valence-electron chi connectivity index (χ3n) is 2.52. The van der Waals surface area contributed by atoms with Crippen LogP contribution in [0.4, 0.5) is 0 Å². The van der Waals surface area contributed by atoms with Gasteiger partial charge in [0.15, 0.2) is 0 Å². The van der Waals surface area contributed by atoms with E-state index in [-0.39, 0.29) is 6.10 Å². The smallest absolute Gasteiger partial charge is 0.0840 e. The molecule has 62 valence electrons. The number of rotatable bonds is 0. The van der Waals surface area contributed by atoms with Crippen LogP contribution < -0.4 is 0 Å². The van der Waals surface area contributed by atoms with E-state index in [9.17, 15) is 0 Å². The normalized spacial score (nSPS) is 45.0. The molecule has 0 aromatic carbocycles. The second-order valence-electron chi connectivity index (χ2n) is 3.39. The standard InChI is InChI=1S/C9H14O2/c1-7-2-3-8-9(6-7)11-5-4-10-8/h1,7-9H,2-6H2. The van der Waals surface area contributed by atoms with Gasteiger partial charge < -0.3 is 9.47 Å². The molecule has 11 heavy (non-hydrogen) atoms. The van der Waals surface area contributed by atoms with Crippen LogP contribution in [0, 0.1) is 12.8 Å². The first-order chi connectivity index (χ1) is 5.36. The molecule has 2 heteroatoms. The van der Waals surface area contributed by atoms with Gasteiger partial charge in [0.2, 0.25) is 0 Å². The quantitative estimate of drug-likeness (QED) is 0.523.